The Morgan fingerprint density at radius 2 is 1.63 bits per heavy atom. The second-order valence-electron chi connectivity index (χ2n) is 21.2. The van der Waals surface area contributed by atoms with Crippen LogP contribution in [0.1, 0.15) is 94.1 Å². The number of nitrogens with zero attached hydrogens (tertiary/aromatic N) is 10. The molecule has 1 aliphatic carbocycles. The van der Waals surface area contributed by atoms with Crippen LogP contribution in [-0.2, 0) is 9.59 Å². The van der Waals surface area contributed by atoms with Gasteiger partial charge in [0.15, 0.2) is 18.2 Å². The number of nitrogens with two attached hydrogens (primary N) is 1. The Bertz CT molecular complexity index is 3350. The largest absolute Gasteiger partial charge is 0.507 e. The molecule has 2 amide bonds. The maximum atomic E-state index is 14.2. The Kier molecular flexibility index (Phi) is 15.1. The lowest BCUT2D eigenvalue weighted by Gasteiger charge is -2.46. The van der Waals surface area contributed by atoms with E-state index in [0.717, 1.165) is 60.8 Å². The monoisotopic (exact) mass is 1070 g/mol. The maximum Gasteiger partial charge on any atom is 0.255 e. The molecule has 20 heteroatoms. The fraction of sp³-hybridized carbons (Fsp3) is 0.390. The lowest BCUT2D eigenvalue weighted by Crippen LogP contribution is -2.57. The van der Waals surface area contributed by atoms with Crippen LogP contribution in [0.2, 0.25) is 0 Å². The van der Waals surface area contributed by atoms with Gasteiger partial charge in [-0.2, -0.15) is 0 Å². The molecular formula is C59H64N12O8. The number of ether oxygens (including phenoxy) is 3. The number of benzene rings is 2. The number of piperazine rings is 1. The Morgan fingerprint density at radius 3 is 2.39 bits per heavy atom. The van der Waals surface area contributed by atoms with Crippen LogP contribution in [-0.4, -0.2) is 124 Å². The quantitative estimate of drug-likeness (QED) is 0.0715. The van der Waals surface area contributed by atoms with Crippen molar-refractivity contribution in [2.75, 3.05) is 41.8 Å². The molecule has 4 saturated heterocycles. The first-order valence-electron chi connectivity index (χ1n) is 27.0. The van der Waals surface area contributed by atoms with Crippen LogP contribution in [0.4, 0.5) is 17.2 Å². The number of β-amino-alcohol motifs (C(OH)–C–C–N with tert-alkyl or cyclic N) is 1. The van der Waals surface area contributed by atoms with Crippen molar-refractivity contribution in [3.8, 4) is 52.0 Å². The van der Waals surface area contributed by atoms with Gasteiger partial charge < -0.3 is 59.3 Å². The zero-order valence-corrected chi connectivity index (χ0v) is 44.6. The molecule has 2 unspecified atom stereocenters. The van der Waals surface area contributed by atoms with Gasteiger partial charge in [-0.3, -0.25) is 9.59 Å². The molecule has 5 N–H and O–H groups in total. The fourth-order valence-corrected chi connectivity index (χ4v) is 11.2. The average Bonchev–Trinajstić information content (AvgIpc) is 4.20. The number of hydrogen-bond donors (Lipinski definition) is 4. The number of hydrogen-bond acceptors (Lipinski definition) is 17. The topological polar surface area (TPSA) is 245 Å². The number of nitrogens with one attached hydrogen (secondary N) is 1. The van der Waals surface area contributed by atoms with Gasteiger partial charge >= 0.3 is 0 Å². The van der Waals surface area contributed by atoms with Crippen LogP contribution in [0, 0.1) is 24.7 Å². The number of aromatic hydroxyl groups is 1. The number of nitrogen functional groups attached to an aromatic ring is 1. The van der Waals surface area contributed by atoms with Crippen molar-refractivity contribution in [1.82, 2.24) is 45.1 Å². The first kappa shape index (κ1) is 52.4. The summed E-state index contributed by atoms with van der Waals surface area (Å²) in [5, 5.41) is 36.9. The summed E-state index contributed by atoms with van der Waals surface area (Å²) in [6.07, 6.45) is 10.9. The minimum Gasteiger partial charge on any atom is -0.507 e. The molecule has 12 rings (SSSR count). The highest BCUT2D eigenvalue weighted by Crippen LogP contribution is 2.40. The normalized spacial score (nSPS) is 21.4. The van der Waals surface area contributed by atoms with E-state index in [1.54, 1.807) is 36.7 Å². The molecule has 408 valence electrons. The van der Waals surface area contributed by atoms with E-state index < -0.39 is 18.1 Å². The smallest absolute Gasteiger partial charge is 0.255 e. The van der Waals surface area contributed by atoms with Crippen LogP contribution in [0.15, 0.2) is 114 Å². The molecule has 5 aromatic heterocycles. The number of phenolic OH excluding ortho intramolecular Hbond substituents is 1. The third-order valence-electron chi connectivity index (χ3n) is 15.5. The molecule has 0 spiro atoms. The number of aromatic nitrogens is 7. The van der Waals surface area contributed by atoms with Crippen molar-refractivity contribution in [3.63, 3.8) is 0 Å². The second kappa shape index (κ2) is 22.7. The summed E-state index contributed by atoms with van der Waals surface area (Å²) in [6.45, 7) is 9.19. The van der Waals surface area contributed by atoms with E-state index in [9.17, 15) is 19.8 Å². The molecule has 7 aromatic rings. The van der Waals surface area contributed by atoms with Gasteiger partial charge in [-0.1, -0.05) is 44.0 Å². The molecule has 4 aliphatic heterocycles. The molecule has 0 radical (unpaired) electrons. The summed E-state index contributed by atoms with van der Waals surface area (Å²) in [7, 11) is 0. The van der Waals surface area contributed by atoms with Crippen molar-refractivity contribution in [1.29, 1.82) is 0 Å². The van der Waals surface area contributed by atoms with E-state index in [4.69, 9.17) is 24.5 Å². The number of amides is 2. The van der Waals surface area contributed by atoms with Crippen molar-refractivity contribution >= 4 is 29.0 Å². The van der Waals surface area contributed by atoms with Gasteiger partial charge in [-0.05, 0) is 104 Å². The standard InChI is InChI=1S/C59H64N12O8/c1-35(2)56(59(75)71-34-44(72)26-51(71)58(74)64-36(3)38-14-17-40(18-15-38)68-23-22-61-37(68)4)53-30-55(67-79-53)76-24-8-9-39-16-19-45(31-63-39)77-46-27-47(28-46)78-54-25-41(20-21-62-54)69-32-43-11-7-10-42(69)33-70(43)50-29-49(65-66-57(50)60)48-12-5-6-13-52(48)73/h5-6,12-23,25,29-31,35-36,42-44,46-47,51,56,72-73H,7,10-11,24,26-28,32-34H2,1-4H3,(H2,60,66)(H,64,74)/t36-,42?,43?,44+,46-,47-,51-,56-/m0/s1. The van der Waals surface area contributed by atoms with Crippen molar-refractivity contribution < 1.29 is 38.5 Å². The molecule has 9 heterocycles. The third kappa shape index (κ3) is 11.5. The molecule has 2 aromatic carbocycles. The summed E-state index contributed by atoms with van der Waals surface area (Å²) in [5.74, 6) is 7.32. The molecule has 5 aliphatic rings. The number of carbonyl (C=O) groups excluding carboxylic acids is 2. The highest BCUT2D eigenvalue weighted by Gasteiger charge is 2.44. The van der Waals surface area contributed by atoms with Crippen LogP contribution in [0.5, 0.6) is 23.3 Å². The van der Waals surface area contributed by atoms with Gasteiger partial charge in [0.1, 0.15) is 47.2 Å². The molecule has 2 bridgehead atoms. The number of fused-ring (bicyclic) bond motifs is 4. The molecular weight excluding hydrogens is 1000 g/mol. The number of likely N-dealkylation sites (tertiary alicyclic amines) is 1. The summed E-state index contributed by atoms with van der Waals surface area (Å²) >= 11 is 0. The van der Waals surface area contributed by atoms with E-state index in [1.807, 2.05) is 105 Å². The van der Waals surface area contributed by atoms with Crippen LogP contribution >= 0.6 is 0 Å². The van der Waals surface area contributed by atoms with Gasteiger partial charge in [-0.15, -0.1) is 10.2 Å². The van der Waals surface area contributed by atoms with Crippen molar-refractivity contribution in [2.24, 2.45) is 5.92 Å². The average molecular weight is 1070 g/mol. The lowest BCUT2D eigenvalue weighted by molar-refractivity contribution is -0.141. The SMILES string of the molecule is Cc1nccn1-c1ccc([C@H](C)NC(=O)[C@@H]2C[C@@H](O)CN2C(=O)[C@H](c2cc(OCC#Cc3ccc(O[C@H]4C[C@H](Oc5cc(N6CC7CCCC6CN7c6cc(-c7ccccc7O)nnc6N)ccn5)C4)cn3)no2)C(C)C)cc1. The number of phenols is 1. The van der Waals surface area contributed by atoms with Gasteiger partial charge in [0, 0.05) is 98.6 Å². The summed E-state index contributed by atoms with van der Waals surface area (Å²) < 4.78 is 26.0. The Morgan fingerprint density at radius 1 is 0.848 bits per heavy atom. The predicted molar refractivity (Wildman–Crippen MR) is 294 cm³/mol. The first-order valence-corrected chi connectivity index (χ1v) is 27.0. The molecule has 79 heavy (non-hydrogen) atoms. The van der Waals surface area contributed by atoms with Gasteiger partial charge in [0.2, 0.25) is 17.7 Å². The van der Waals surface area contributed by atoms with E-state index in [1.165, 1.54) is 4.90 Å². The Labute approximate surface area is 457 Å². The Hall–Kier alpha value is -8.70. The number of aryl methyl sites for hydroxylation is 1. The molecule has 1 saturated carbocycles. The van der Waals surface area contributed by atoms with E-state index >= 15 is 0 Å². The van der Waals surface area contributed by atoms with E-state index in [-0.39, 0.29) is 85.0 Å². The lowest BCUT2D eigenvalue weighted by atomic mass is 9.91. The van der Waals surface area contributed by atoms with Crippen molar-refractivity contribution in [3.05, 3.63) is 133 Å². The zero-order valence-electron chi connectivity index (χ0n) is 44.6. The van der Waals surface area contributed by atoms with Crippen LogP contribution in [0.3, 0.4) is 0 Å². The summed E-state index contributed by atoms with van der Waals surface area (Å²) in [6, 6.07) is 25.4. The number of carbonyl (C=O) groups is 2. The number of imidazole rings is 1. The fourth-order valence-electron chi connectivity index (χ4n) is 11.2. The number of para-hydroxylation sites is 1. The molecule has 5 fully saturated rings. The number of aliphatic hydroxyl groups excluding tert-OH is 1. The minimum absolute atomic E-state index is 0.0146. The highest BCUT2D eigenvalue weighted by atomic mass is 16.5. The predicted octanol–water partition coefficient (Wildman–Crippen LogP) is 6.95. The highest BCUT2D eigenvalue weighted by molar-refractivity contribution is 5.91. The molecule has 6 atom stereocenters. The number of aliphatic hydroxyl groups is 1. The number of anilines is 3. The third-order valence-corrected chi connectivity index (χ3v) is 15.5. The summed E-state index contributed by atoms with van der Waals surface area (Å²) in [5.41, 5.74) is 12.0. The van der Waals surface area contributed by atoms with E-state index in [2.05, 4.69) is 57.3 Å². The zero-order chi connectivity index (χ0) is 54.7. The minimum atomic E-state index is -0.866. The summed E-state index contributed by atoms with van der Waals surface area (Å²) in [4.78, 5) is 47.5. The van der Waals surface area contributed by atoms with Crippen molar-refractivity contribution in [2.45, 2.75) is 115 Å². The van der Waals surface area contributed by atoms with Crippen LogP contribution in [0.25, 0.3) is 16.9 Å². The molecule has 20 nitrogen and oxygen atoms in total. The van der Waals surface area contributed by atoms with Gasteiger partial charge in [0.25, 0.3) is 5.88 Å². The van der Waals surface area contributed by atoms with Gasteiger partial charge in [-0.25, -0.2) is 15.0 Å². The van der Waals surface area contributed by atoms with Crippen LogP contribution < -0.4 is 35.1 Å². The second-order valence-corrected chi connectivity index (χ2v) is 21.2. The number of pyridine rings is 2. The first-order chi connectivity index (χ1) is 38.3. The van der Waals surface area contributed by atoms with Gasteiger partial charge in [0.05, 0.1) is 29.7 Å². The maximum absolute atomic E-state index is 14.2. The Balaban J connectivity index is 0.631. The number of rotatable bonds is 16. The van der Waals surface area contributed by atoms with E-state index in [0.29, 0.717) is 47.2 Å².